The van der Waals surface area contributed by atoms with Crippen LogP contribution in [0.25, 0.3) is 0 Å². The van der Waals surface area contributed by atoms with Crippen molar-refractivity contribution in [2.45, 2.75) is 44.2 Å². The van der Waals surface area contributed by atoms with E-state index in [-0.39, 0.29) is 17.4 Å². The van der Waals surface area contributed by atoms with Crippen LogP contribution in [-0.2, 0) is 11.2 Å². The van der Waals surface area contributed by atoms with E-state index in [1.54, 1.807) is 11.0 Å². The zero-order chi connectivity index (χ0) is 16.0. The highest BCUT2D eigenvalue weighted by atomic mass is 19.1. The summed E-state index contributed by atoms with van der Waals surface area (Å²) in [6, 6.07) is 3.55. The van der Waals surface area contributed by atoms with Crippen molar-refractivity contribution in [2.24, 2.45) is 0 Å². The minimum atomic E-state index is -0.556. The van der Waals surface area contributed by atoms with Crippen LogP contribution in [0.5, 0.6) is 0 Å². The van der Waals surface area contributed by atoms with Crippen molar-refractivity contribution < 1.29 is 14.0 Å². The molecule has 0 spiro atoms. The van der Waals surface area contributed by atoms with Gasteiger partial charge in [-0.3, -0.25) is 9.59 Å². The first-order valence-corrected chi connectivity index (χ1v) is 8.28. The van der Waals surface area contributed by atoms with Gasteiger partial charge in [0.1, 0.15) is 5.82 Å². The number of nitrogens with one attached hydrogen (secondary N) is 2. The van der Waals surface area contributed by atoms with E-state index in [1.807, 2.05) is 0 Å². The Labute approximate surface area is 134 Å². The van der Waals surface area contributed by atoms with E-state index in [4.69, 9.17) is 0 Å². The van der Waals surface area contributed by atoms with Crippen molar-refractivity contribution >= 4 is 17.5 Å². The van der Waals surface area contributed by atoms with Gasteiger partial charge in [0.05, 0.1) is 5.56 Å². The van der Waals surface area contributed by atoms with Crippen LogP contribution < -0.4 is 10.6 Å². The van der Waals surface area contributed by atoms with Crippen LogP contribution in [0.2, 0.25) is 0 Å². The highest BCUT2D eigenvalue weighted by Gasteiger charge is 2.33. The van der Waals surface area contributed by atoms with Crippen molar-refractivity contribution in [3.63, 3.8) is 0 Å². The van der Waals surface area contributed by atoms with Crippen LogP contribution in [0.1, 0.15) is 41.6 Å². The standard InChI is InChI=1S/C17H20FN3O2/c18-14-7-15-10(4-5-16(22)20-15)6-13(14)17(23)21-8-11-2-1-3-12(9-21)19-11/h6-7,11-12,19H,1-5,8-9H2,(H,20,22). The number of fused-ring (bicyclic) bond motifs is 3. The number of piperidine rings is 1. The molecule has 0 aliphatic carbocycles. The van der Waals surface area contributed by atoms with Crippen LogP contribution in [0.15, 0.2) is 12.1 Å². The number of benzene rings is 1. The second kappa shape index (κ2) is 5.60. The van der Waals surface area contributed by atoms with Crippen LogP contribution in [0.3, 0.4) is 0 Å². The fourth-order valence-corrected chi connectivity index (χ4v) is 3.91. The maximum Gasteiger partial charge on any atom is 0.256 e. The molecule has 1 aromatic carbocycles. The Hall–Kier alpha value is -1.95. The Bertz CT molecular complexity index is 664. The minimum absolute atomic E-state index is 0.106. The van der Waals surface area contributed by atoms with Gasteiger partial charge in [0, 0.05) is 37.3 Å². The van der Waals surface area contributed by atoms with E-state index in [0.29, 0.717) is 43.7 Å². The molecule has 3 heterocycles. The molecule has 2 bridgehead atoms. The third kappa shape index (κ3) is 2.72. The molecule has 2 amide bonds. The quantitative estimate of drug-likeness (QED) is 0.828. The van der Waals surface area contributed by atoms with E-state index in [0.717, 1.165) is 18.4 Å². The smallest absolute Gasteiger partial charge is 0.256 e. The number of rotatable bonds is 1. The summed E-state index contributed by atoms with van der Waals surface area (Å²) in [6.07, 6.45) is 4.26. The van der Waals surface area contributed by atoms with Crippen LogP contribution in [0, 0.1) is 5.82 Å². The molecule has 6 heteroatoms. The number of hydrogen-bond acceptors (Lipinski definition) is 3. The number of amides is 2. The molecule has 4 rings (SSSR count). The molecule has 2 saturated heterocycles. The predicted molar refractivity (Wildman–Crippen MR) is 83.8 cm³/mol. The first kappa shape index (κ1) is 14.6. The van der Waals surface area contributed by atoms with Crippen molar-refractivity contribution in [3.8, 4) is 0 Å². The number of hydrogen-bond donors (Lipinski definition) is 2. The summed E-state index contributed by atoms with van der Waals surface area (Å²) in [7, 11) is 0. The largest absolute Gasteiger partial charge is 0.335 e. The second-order valence-electron chi connectivity index (χ2n) is 6.74. The highest BCUT2D eigenvalue weighted by Crippen LogP contribution is 2.28. The lowest BCUT2D eigenvalue weighted by Gasteiger charge is -2.42. The van der Waals surface area contributed by atoms with Gasteiger partial charge < -0.3 is 15.5 Å². The SMILES string of the molecule is O=C1CCc2cc(C(=O)N3CC4CCCC(C3)N4)c(F)cc2N1. The van der Waals surface area contributed by atoms with Gasteiger partial charge in [-0.25, -0.2) is 4.39 Å². The summed E-state index contributed by atoms with van der Waals surface area (Å²) in [5.41, 5.74) is 1.46. The Kier molecular flexibility index (Phi) is 3.56. The number of carbonyl (C=O) groups is 2. The number of halogens is 1. The van der Waals surface area contributed by atoms with Crippen molar-refractivity contribution in [3.05, 3.63) is 29.1 Å². The Balaban J connectivity index is 1.60. The van der Waals surface area contributed by atoms with Gasteiger partial charge in [0.25, 0.3) is 5.91 Å². The zero-order valence-electron chi connectivity index (χ0n) is 12.9. The van der Waals surface area contributed by atoms with E-state index < -0.39 is 5.82 Å². The lowest BCUT2D eigenvalue weighted by Crippen LogP contribution is -2.60. The molecule has 3 aliphatic heterocycles. The fraction of sp³-hybridized carbons (Fsp3) is 0.529. The Morgan fingerprint density at radius 1 is 1.17 bits per heavy atom. The minimum Gasteiger partial charge on any atom is -0.335 e. The first-order valence-electron chi connectivity index (χ1n) is 8.28. The molecule has 3 aliphatic rings. The van der Waals surface area contributed by atoms with Gasteiger partial charge in [0.15, 0.2) is 0 Å². The van der Waals surface area contributed by atoms with Crippen molar-refractivity contribution in [1.82, 2.24) is 10.2 Å². The van der Waals surface area contributed by atoms with E-state index in [9.17, 15) is 14.0 Å². The molecule has 0 saturated carbocycles. The summed E-state index contributed by atoms with van der Waals surface area (Å²) in [6.45, 7) is 1.28. The summed E-state index contributed by atoms with van der Waals surface area (Å²) in [5, 5.41) is 6.19. The number of carbonyl (C=O) groups excluding carboxylic acids is 2. The van der Waals surface area contributed by atoms with Crippen LogP contribution in [0.4, 0.5) is 10.1 Å². The number of piperazine rings is 1. The van der Waals surface area contributed by atoms with Gasteiger partial charge in [-0.15, -0.1) is 0 Å². The van der Waals surface area contributed by atoms with Crippen molar-refractivity contribution in [2.75, 3.05) is 18.4 Å². The molecular formula is C17H20FN3O2. The second-order valence-corrected chi connectivity index (χ2v) is 6.74. The maximum absolute atomic E-state index is 14.4. The third-order valence-electron chi connectivity index (χ3n) is 5.06. The molecule has 2 atom stereocenters. The normalized spacial score (nSPS) is 26.5. The molecule has 0 aromatic heterocycles. The average molecular weight is 317 g/mol. The van der Waals surface area contributed by atoms with Crippen LogP contribution >= 0.6 is 0 Å². The van der Waals surface area contributed by atoms with Gasteiger partial charge >= 0.3 is 0 Å². The summed E-state index contributed by atoms with van der Waals surface area (Å²) < 4.78 is 14.4. The molecule has 2 fully saturated rings. The summed E-state index contributed by atoms with van der Waals surface area (Å²) in [5.74, 6) is -0.897. The first-order chi connectivity index (χ1) is 11.1. The molecule has 5 nitrogen and oxygen atoms in total. The summed E-state index contributed by atoms with van der Waals surface area (Å²) in [4.78, 5) is 25.9. The van der Waals surface area contributed by atoms with Crippen molar-refractivity contribution in [1.29, 1.82) is 0 Å². The molecule has 1 aromatic rings. The third-order valence-corrected chi connectivity index (χ3v) is 5.06. The van der Waals surface area contributed by atoms with Gasteiger partial charge in [0.2, 0.25) is 5.91 Å². The lowest BCUT2D eigenvalue weighted by atomic mass is 9.93. The Morgan fingerprint density at radius 2 is 1.91 bits per heavy atom. The van der Waals surface area contributed by atoms with Crippen LogP contribution in [-0.4, -0.2) is 41.9 Å². The molecule has 0 radical (unpaired) electrons. The molecule has 2 N–H and O–H groups in total. The molecular weight excluding hydrogens is 297 g/mol. The summed E-state index contributed by atoms with van der Waals surface area (Å²) >= 11 is 0. The molecule has 23 heavy (non-hydrogen) atoms. The lowest BCUT2D eigenvalue weighted by molar-refractivity contribution is -0.116. The fourth-order valence-electron chi connectivity index (χ4n) is 3.91. The average Bonchev–Trinajstić information content (AvgIpc) is 2.53. The van der Waals surface area contributed by atoms with Gasteiger partial charge in [-0.05, 0) is 37.0 Å². The van der Waals surface area contributed by atoms with Gasteiger partial charge in [-0.2, -0.15) is 0 Å². The van der Waals surface area contributed by atoms with E-state index in [2.05, 4.69) is 10.6 Å². The number of aryl methyl sites for hydroxylation is 1. The zero-order valence-corrected chi connectivity index (χ0v) is 12.9. The monoisotopic (exact) mass is 317 g/mol. The Morgan fingerprint density at radius 3 is 2.65 bits per heavy atom. The predicted octanol–water partition coefficient (Wildman–Crippen LogP) is 1.68. The topological polar surface area (TPSA) is 61.4 Å². The molecule has 2 unspecified atom stereocenters. The van der Waals surface area contributed by atoms with Gasteiger partial charge in [-0.1, -0.05) is 6.42 Å². The maximum atomic E-state index is 14.4. The van der Waals surface area contributed by atoms with E-state index >= 15 is 0 Å². The number of anilines is 1. The van der Waals surface area contributed by atoms with E-state index in [1.165, 1.54) is 12.5 Å². The number of nitrogens with zero attached hydrogens (tertiary/aromatic N) is 1. The highest BCUT2D eigenvalue weighted by molar-refractivity contribution is 5.98. The number of likely N-dealkylation sites (tertiary alicyclic amines) is 1. The molecule has 122 valence electrons.